The van der Waals surface area contributed by atoms with Crippen LogP contribution in [0.15, 0.2) is 0 Å². The molecular formula is C3H6N. The third kappa shape index (κ3) is 0.206. The van der Waals surface area contributed by atoms with Crippen molar-refractivity contribution < 1.29 is 0 Å². The molecule has 1 nitrogen and oxygen atoms in total. The summed E-state index contributed by atoms with van der Waals surface area (Å²) >= 11 is 0. The summed E-state index contributed by atoms with van der Waals surface area (Å²) < 4.78 is 0. The zero-order valence-corrected chi connectivity index (χ0v) is 2.65. The molecule has 1 atom stereocenters. The van der Waals surface area contributed by atoms with E-state index in [9.17, 15) is 0 Å². The number of hydrogen-bond donors (Lipinski definition) is 1. The van der Waals surface area contributed by atoms with Crippen LogP contribution < -0.4 is 5.32 Å². The van der Waals surface area contributed by atoms with Gasteiger partial charge in [0.15, 0.2) is 0 Å². The quantitative estimate of drug-likeness (QED) is 0.392. The van der Waals surface area contributed by atoms with Crippen molar-refractivity contribution in [2.45, 2.75) is 13.0 Å². The fourth-order valence-corrected chi connectivity index (χ4v) is 0.0962. The van der Waals surface area contributed by atoms with E-state index in [1.807, 2.05) is 6.54 Å². The fraction of sp³-hybridized carbons (Fsp3) is 0.667. The van der Waals surface area contributed by atoms with Crippen molar-refractivity contribution in [2.24, 2.45) is 0 Å². The Balaban J connectivity index is 2.17. The molecule has 4 heavy (non-hydrogen) atoms. The molecule has 1 fully saturated rings. The molecule has 0 aromatic carbocycles. The third-order valence-corrected chi connectivity index (χ3v) is 0.500. The van der Waals surface area contributed by atoms with Gasteiger partial charge in [-0.2, -0.15) is 0 Å². The molecule has 23 valence electrons. The Morgan fingerprint density at radius 1 is 2.00 bits per heavy atom. The van der Waals surface area contributed by atoms with Gasteiger partial charge < -0.3 is 5.32 Å². The molecule has 1 heterocycles. The van der Waals surface area contributed by atoms with E-state index in [1.54, 1.807) is 0 Å². The van der Waals surface area contributed by atoms with Crippen molar-refractivity contribution in [1.29, 1.82) is 0 Å². The predicted molar refractivity (Wildman–Crippen MR) is 16.9 cm³/mol. The van der Waals surface area contributed by atoms with Crippen LogP contribution in [0.1, 0.15) is 6.92 Å². The molecule has 0 aliphatic carbocycles. The molecule has 1 saturated heterocycles. The highest BCUT2D eigenvalue weighted by Gasteiger charge is 2.11. The van der Waals surface area contributed by atoms with Crippen LogP contribution in [0, 0.1) is 6.54 Å². The van der Waals surface area contributed by atoms with Crippen LogP contribution in [-0.2, 0) is 0 Å². The van der Waals surface area contributed by atoms with Crippen molar-refractivity contribution in [3.8, 4) is 0 Å². The monoisotopic (exact) mass is 56.1 g/mol. The minimum Gasteiger partial charge on any atom is -0.307 e. The Morgan fingerprint density at radius 3 is 2.25 bits per heavy atom. The van der Waals surface area contributed by atoms with Gasteiger partial charge in [0, 0.05) is 12.6 Å². The lowest BCUT2D eigenvalue weighted by atomic mass is 10.6. The molecule has 1 aliphatic rings. The summed E-state index contributed by atoms with van der Waals surface area (Å²) in [5.74, 6) is 0. The first kappa shape index (κ1) is 2.21. The second kappa shape index (κ2) is 0.462. The van der Waals surface area contributed by atoms with Crippen LogP contribution in [0.25, 0.3) is 0 Å². The van der Waals surface area contributed by atoms with Crippen LogP contribution in [0.3, 0.4) is 0 Å². The van der Waals surface area contributed by atoms with E-state index in [4.69, 9.17) is 0 Å². The number of hydrogen-bond acceptors (Lipinski definition) is 1. The highest BCUT2D eigenvalue weighted by Crippen LogP contribution is 1.97. The van der Waals surface area contributed by atoms with Gasteiger partial charge in [0.05, 0.1) is 0 Å². The van der Waals surface area contributed by atoms with Crippen molar-refractivity contribution >= 4 is 0 Å². The van der Waals surface area contributed by atoms with E-state index in [2.05, 4.69) is 12.2 Å². The maximum absolute atomic E-state index is 2.97. The van der Waals surface area contributed by atoms with Crippen LogP contribution in [-0.4, -0.2) is 6.04 Å². The van der Waals surface area contributed by atoms with E-state index in [1.165, 1.54) is 0 Å². The fourth-order valence-electron chi connectivity index (χ4n) is 0.0962. The summed E-state index contributed by atoms with van der Waals surface area (Å²) in [5, 5.41) is 2.97. The highest BCUT2D eigenvalue weighted by molar-refractivity contribution is 4.92. The molecule has 0 amide bonds. The van der Waals surface area contributed by atoms with E-state index in [-0.39, 0.29) is 0 Å². The lowest BCUT2D eigenvalue weighted by Crippen LogP contribution is -1.72. The van der Waals surface area contributed by atoms with Crippen LogP contribution in [0.2, 0.25) is 0 Å². The Kier molecular flexibility index (Phi) is 0.256. The van der Waals surface area contributed by atoms with Gasteiger partial charge in [-0.3, -0.25) is 0 Å². The molecule has 1 heteroatoms. The van der Waals surface area contributed by atoms with E-state index in [0.717, 1.165) is 0 Å². The Bertz CT molecular complexity index is 22.5. The van der Waals surface area contributed by atoms with Crippen molar-refractivity contribution in [3.05, 3.63) is 6.54 Å². The lowest BCUT2D eigenvalue weighted by molar-refractivity contribution is 1.09. The maximum Gasteiger partial charge on any atom is 0.0390 e. The first-order chi connectivity index (χ1) is 1.89. The zero-order valence-electron chi connectivity index (χ0n) is 2.65. The second-order valence-corrected chi connectivity index (χ2v) is 1.12. The first-order valence-corrected chi connectivity index (χ1v) is 1.49. The normalized spacial score (nSPS) is 39.8. The summed E-state index contributed by atoms with van der Waals surface area (Å²) in [5.41, 5.74) is 0. The summed E-state index contributed by atoms with van der Waals surface area (Å²) in [4.78, 5) is 0. The maximum atomic E-state index is 2.97. The van der Waals surface area contributed by atoms with Crippen LogP contribution in [0.4, 0.5) is 0 Å². The Morgan fingerprint density at radius 2 is 2.25 bits per heavy atom. The van der Waals surface area contributed by atoms with Gasteiger partial charge in [0.1, 0.15) is 0 Å². The summed E-state index contributed by atoms with van der Waals surface area (Å²) in [6.07, 6.45) is 0. The second-order valence-electron chi connectivity index (χ2n) is 1.12. The predicted octanol–water partition coefficient (Wildman–Crippen LogP) is 0.140. The molecule has 0 aromatic heterocycles. The van der Waals surface area contributed by atoms with Gasteiger partial charge in [-0.25, -0.2) is 0 Å². The number of rotatable bonds is 0. The van der Waals surface area contributed by atoms with Gasteiger partial charge in [0.2, 0.25) is 0 Å². The smallest absolute Gasteiger partial charge is 0.0390 e. The number of nitrogens with one attached hydrogen (secondary N) is 1. The lowest BCUT2D eigenvalue weighted by Gasteiger charge is -1.52. The van der Waals surface area contributed by atoms with Gasteiger partial charge in [0.25, 0.3) is 0 Å². The van der Waals surface area contributed by atoms with Gasteiger partial charge in [-0.1, -0.05) is 0 Å². The average molecular weight is 56.1 g/mol. The molecule has 0 bridgehead atoms. The molecule has 1 rings (SSSR count). The van der Waals surface area contributed by atoms with Gasteiger partial charge in [-0.15, -0.1) is 0 Å². The summed E-state index contributed by atoms with van der Waals surface area (Å²) in [6, 6.07) is 0.708. The van der Waals surface area contributed by atoms with Crippen molar-refractivity contribution in [1.82, 2.24) is 5.32 Å². The van der Waals surface area contributed by atoms with Crippen LogP contribution >= 0.6 is 0 Å². The largest absolute Gasteiger partial charge is 0.307 e. The average Bonchev–Trinajstić information content (AvgIpc) is 1.75. The van der Waals surface area contributed by atoms with Crippen LogP contribution in [0.5, 0.6) is 0 Å². The minimum absolute atomic E-state index is 0.708. The molecule has 1 N–H and O–H groups in total. The first-order valence-electron chi connectivity index (χ1n) is 1.49. The molecule has 0 spiro atoms. The summed E-state index contributed by atoms with van der Waals surface area (Å²) in [7, 11) is 0. The van der Waals surface area contributed by atoms with E-state index < -0.39 is 0 Å². The molecule has 1 radical (unpaired) electrons. The van der Waals surface area contributed by atoms with Gasteiger partial charge >= 0.3 is 0 Å². The Labute approximate surface area is 26.0 Å². The minimum atomic E-state index is 0.708. The standard InChI is InChI=1S/C3H6N/c1-3-2-4-3/h2-4H,1H3. The molecule has 0 saturated carbocycles. The van der Waals surface area contributed by atoms with E-state index >= 15 is 0 Å². The van der Waals surface area contributed by atoms with Crippen molar-refractivity contribution in [3.63, 3.8) is 0 Å². The summed E-state index contributed by atoms with van der Waals surface area (Å²) in [6.45, 7) is 4.15. The van der Waals surface area contributed by atoms with Gasteiger partial charge in [-0.05, 0) is 6.92 Å². The SMILES string of the molecule is CC1[CH]N1. The zero-order chi connectivity index (χ0) is 2.99. The van der Waals surface area contributed by atoms with Crippen molar-refractivity contribution in [2.75, 3.05) is 0 Å². The van der Waals surface area contributed by atoms with E-state index in [0.29, 0.717) is 6.04 Å². The Hall–Kier alpha value is -0.0400. The molecular weight excluding hydrogens is 50.0 g/mol. The molecule has 1 unspecified atom stereocenters. The topological polar surface area (TPSA) is 21.9 Å². The molecule has 1 aliphatic heterocycles. The highest BCUT2D eigenvalue weighted by atomic mass is 15.1. The molecule has 0 aromatic rings. The third-order valence-electron chi connectivity index (χ3n) is 0.500.